The lowest BCUT2D eigenvalue weighted by Gasteiger charge is -2.38. The molecule has 1 atom stereocenters. The highest BCUT2D eigenvalue weighted by Gasteiger charge is 2.38. The fourth-order valence-electron chi connectivity index (χ4n) is 3.96. The molecule has 1 amide bonds. The monoisotopic (exact) mass is 397 g/mol. The Morgan fingerprint density at radius 1 is 1.11 bits per heavy atom. The van der Waals surface area contributed by atoms with Crippen molar-refractivity contribution in [1.82, 2.24) is 4.90 Å². The van der Waals surface area contributed by atoms with Gasteiger partial charge in [0.2, 0.25) is 0 Å². The van der Waals surface area contributed by atoms with E-state index >= 15 is 0 Å². The Bertz CT molecular complexity index is 804. The van der Waals surface area contributed by atoms with Crippen LogP contribution in [0.3, 0.4) is 0 Å². The van der Waals surface area contributed by atoms with E-state index < -0.39 is 28.2 Å². The molecule has 0 spiro atoms. The number of carbonyl (C=O) groups excluding carboxylic acids is 2. The molecule has 148 valence electrons. The topological polar surface area (TPSA) is 80.8 Å². The second-order valence-electron chi connectivity index (χ2n) is 7.24. The summed E-state index contributed by atoms with van der Waals surface area (Å²) in [6.45, 7) is -0.470. The third-order valence-corrected chi connectivity index (χ3v) is 7.00. The Morgan fingerprint density at radius 3 is 2.48 bits per heavy atom. The molecule has 1 saturated heterocycles. The van der Waals surface area contributed by atoms with E-state index in [2.05, 4.69) is 0 Å². The van der Waals surface area contributed by atoms with Crippen LogP contribution < -0.4 is 0 Å². The van der Waals surface area contributed by atoms with Gasteiger partial charge in [-0.3, -0.25) is 4.79 Å². The smallest absolute Gasteiger partial charge is 0.338 e. The van der Waals surface area contributed by atoms with Gasteiger partial charge in [0.15, 0.2) is 16.4 Å². The number of carbonyl (C=O) groups is 2. The summed E-state index contributed by atoms with van der Waals surface area (Å²) in [4.78, 5) is 26.5. The van der Waals surface area contributed by atoms with Crippen LogP contribution in [-0.4, -0.2) is 55.4 Å². The summed E-state index contributed by atoms with van der Waals surface area (Å²) in [5, 5.41) is 0. The summed E-state index contributed by atoms with van der Waals surface area (Å²) >= 11 is 0. The van der Waals surface area contributed by atoms with Crippen molar-refractivity contribution >= 4 is 21.7 Å². The minimum absolute atomic E-state index is 0.0163. The first-order valence-electron chi connectivity index (χ1n) is 9.30. The molecule has 1 aromatic rings. The third kappa shape index (κ3) is 5.06. The van der Waals surface area contributed by atoms with E-state index in [1.807, 2.05) is 0 Å². The van der Waals surface area contributed by atoms with Gasteiger partial charge in [0.25, 0.3) is 5.91 Å². The van der Waals surface area contributed by atoms with Crippen molar-refractivity contribution < 1.29 is 27.1 Å². The standard InChI is InChI=1S/C19H24FNO5S/c20-15-6-4-5-14(11-15)19(23)26-12-18(22)21(16-7-2-1-3-8-16)17-9-10-27(24,25)13-17/h4-6,11,16-17H,1-3,7-10,12-13H2/t17-/m1/s1. The van der Waals surface area contributed by atoms with E-state index in [-0.39, 0.29) is 35.1 Å². The summed E-state index contributed by atoms with van der Waals surface area (Å²) in [5.41, 5.74) is 0.0375. The van der Waals surface area contributed by atoms with Crippen molar-refractivity contribution in [2.75, 3.05) is 18.1 Å². The zero-order valence-corrected chi connectivity index (χ0v) is 15.9. The van der Waals surface area contributed by atoms with Crippen LogP contribution in [0.4, 0.5) is 4.39 Å². The number of nitrogens with zero attached hydrogens (tertiary/aromatic N) is 1. The molecule has 1 aromatic carbocycles. The number of hydrogen-bond acceptors (Lipinski definition) is 5. The highest BCUT2D eigenvalue weighted by atomic mass is 32.2. The molecule has 0 aromatic heterocycles. The maximum atomic E-state index is 13.2. The van der Waals surface area contributed by atoms with Crippen molar-refractivity contribution in [3.05, 3.63) is 35.6 Å². The molecule has 3 rings (SSSR count). The lowest BCUT2D eigenvalue weighted by atomic mass is 9.93. The predicted octanol–water partition coefficient (Wildman–Crippen LogP) is 2.33. The zero-order valence-electron chi connectivity index (χ0n) is 15.1. The number of amides is 1. The molecule has 27 heavy (non-hydrogen) atoms. The van der Waals surface area contributed by atoms with Crippen LogP contribution in [0.25, 0.3) is 0 Å². The van der Waals surface area contributed by atoms with E-state index in [9.17, 15) is 22.4 Å². The molecule has 1 saturated carbocycles. The molecule has 2 aliphatic rings. The Morgan fingerprint density at radius 2 is 1.85 bits per heavy atom. The van der Waals surface area contributed by atoms with Crippen LogP contribution in [0.15, 0.2) is 24.3 Å². The molecule has 1 aliphatic heterocycles. The van der Waals surface area contributed by atoms with Crippen molar-refractivity contribution in [2.24, 2.45) is 0 Å². The van der Waals surface area contributed by atoms with Crippen LogP contribution in [0.5, 0.6) is 0 Å². The zero-order chi connectivity index (χ0) is 19.4. The second kappa shape index (κ2) is 8.37. The Hall–Kier alpha value is -1.96. The molecule has 1 aliphatic carbocycles. The van der Waals surface area contributed by atoms with Crippen molar-refractivity contribution in [3.8, 4) is 0 Å². The summed E-state index contributed by atoms with van der Waals surface area (Å²) in [6.07, 6.45) is 5.19. The van der Waals surface area contributed by atoms with E-state index in [0.717, 1.165) is 38.2 Å². The van der Waals surface area contributed by atoms with Crippen molar-refractivity contribution in [3.63, 3.8) is 0 Å². The summed E-state index contributed by atoms with van der Waals surface area (Å²) in [5.74, 6) is -1.67. The van der Waals surface area contributed by atoms with Crippen LogP contribution in [-0.2, 0) is 19.4 Å². The van der Waals surface area contributed by atoms with Crippen LogP contribution in [0, 0.1) is 5.82 Å². The van der Waals surface area contributed by atoms with Crippen molar-refractivity contribution in [1.29, 1.82) is 0 Å². The van der Waals surface area contributed by atoms with Crippen LogP contribution >= 0.6 is 0 Å². The van der Waals surface area contributed by atoms with Gasteiger partial charge in [0, 0.05) is 12.1 Å². The molecular weight excluding hydrogens is 373 g/mol. The molecule has 0 unspecified atom stereocenters. The molecular formula is C19H24FNO5S. The maximum absolute atomic E-state index is 13.2. The van der Waals surface area contributed by atoms with Crippen LogP contribution in [0.2, 0.25) is 0 Å². The molecule has 0 radical (unpaired) electrons. The highest BCUT2D eigenvalue weighted by molar-refractivity contribution is 7.91. The van der Waals surface area contributed by atoms with Gasteiger partial charge in [-0.2, -0.15) is 0 Å². The van der Waals surface area contributed by atoms with Gasteiger partial charge >= 0.3 is 5.97 Å². The number of hydrogen-bond donors (Lipinski definition) is 0. The first kappa shape index (κ1) is 19.8. The summed E-state index contributed by atoms with van der Waals surface area (Å²) < 4.78 is 42.1. The number of esters is 1. The number of benzene rings is 1. The first-order chi connectivity index (χ1) is 12.9. The lowest BCUT2D eigenvalue weighted by Crippen LogP contribution is -2.50. The normalized spacial score (nSPS) is 22.3. The Kier molecular flexibility index (Phi) is 6.14. The number of sulfone groups is 1. The minimum atomic E-state index is -3.14. The number of halogens is 1. The fraction of sp³-hybridized carbons (Fsp3) is 0.579. The van der Waals surface area contributed by atoms with E-state index in [1.54, 1.807) is 4.90 Å². The van der Waals surface area contributed by atoms with Gasteiger partial charge in [-0.15, -0.1) is 0 Å². The average Bonchev–Trinajstić information content (AvgIpc) is 3.00. The molecule has 0 bridgehead atoms. The Labute approximate surface area is 158 Å². The fourth-order valence-corrected chi connectivity index (χ4v) is 5.67. The molecule has 1 heterocycles. The average molecular weight is 397 g/mol. The van der Waals surface area contributed by atoms with Gasteiger partial charge in [0.05, 0.1) is 17.1 Å². The second-order valence-corrected chi connectivity index (χ2v) is 9.46. The van der Waals surface area contributed by atoms with E-state index in [1.165, 1.54) is 18.2 Å². The number of ether oxygens (including phenoxy) is 1. The molecule has 0 N–H and O–H groups in total. The lowest BCUT2D eigenvalue weighted by molar-refractivity contribution is -0.140. The minimum Gasteiger partial charge on any atom is -0.452 e. The van der Waals surface area contributed by atoms with Crippen LogP contribution in [0.1, 0.15) is 48.9 Å². The SMILES string of the molecule is O=C(OCC(=O)N(C1CCCCC1)[C@@H]1CCS(=O)(=O)C1)c1cccc(F)c1. The quantitative estimate of drug-likeness (QED) is 0.713. The summed E-state index contributed by atoms with van der Waals surface area (Å²) in [6, 6.07) is 4.70. The molecule has 6 nitrogen and oxygen atoms in total. The highest BCUT2D eigenvalue weighted by Crippen LogP contribution is 2.28. The predicted molar refractivity (Wildman–Crippen MR) is 97.5 cm³/mol. The number of rotatable bonds is 5. The van der Waals surface area contributed by atoms with Gasteiger partial charge < -0.3 is 9.64 Å². The largest absolute Gasteiger partial charge is 0.452 e. The van der Waals surface area contributed by atoms with Gasteiger partial charge in [0.1, 0.15) is 5.82 Å². The van der Waals surface area contributed by atoms with E-state index in [4.69, 9.17) is 4.74 Å². The van der Waals surface area contributed by atoms with Gasteiger partial charge in [-0.1, -0.05) is 25.3 Å². The van der Waals surface area contributed by atoms with E-state index in [0.29, 0.717) is 6.42 Å². The van der Waals surface area contributed by atoms with Gasteiger partial charge in [-0.25, -0.2) is 17.6 Å². The third-order valence-electron chi connectivity index (χ3n) is 5.24. The first-order valence-corrected chi connectivity index (χ1v) is 11.1. The molecule has 8 heteroatoms. The van der Waals surface area contributed by atoms with Gasteiger partial charge in [-0.05, 0) is 37.5 Å². The Balaban J connectivity index is 1.68. The molecule has 2 fully saturated rings. The van der Waals surface area contributed by atoms with Crippen molar-refractivity contribution in [2.45, 2.75) is 50.6 Å². The maximum Gasteiger partial charge on any atom is 0.338 e. The summed E-state index contributed by atoms with van der Waals surface area (Å²) in [7, 11) is -3.14.